The molecular formula is C23H28BrN5O. The summed E-state index contributed by atoms with van der Waals surface area (Å²) in [5.74, 6) is 0. The number of nitrogens with zero attached hydrogens (tertiary/aromatic N) is 5. The molecule has 0 saturated carbocycles. The van der Waals surface area contributed by atoms with E-state index >= 15 is 0 Å². The first kappa shape index (κ1) is 20.9. The molecule has 4 rings (SSSR count). The number of hydrogen-bond donors (Lipinski definition) is 1. The number of halogens is 1. The second kappa shape index (κ2) is 9.18. The van der Waals surface area contributed by atoms with Crippen LogP contribution in [0, 0.1) is 0 Å². The highest BCUT2D eigenvalue weighted by Gasteiger charge is 2.19. The molecule has 2 atom stereocenters. The largest absolute Gasteiger partial charge is 0.391 e. The summed E-state index contributed by atoms with van der Waals surface area (Å²) < 4.78 is 2.89. The van der Waals surface area contributed by atoms with Crippen molar-refractivity contribution in [1.82, 2.24) is 15.0 Å². The first-order valence-corrected chi connectivity index (χ1v) is 11.3. The van der Waals surface area contributed by atoms with Gasteiger partial charge in [-0.05, 0) is 49.7 Å². The lowest BCUT2D eigenvalue weighted by molar-refractivity contribution is 0.119. The van der Waals surface area contributed by atoms with Crippen LogP contribution in [0.4, 0.5) is 11.4 Å². The lowest BCUT2D eigenvalue weighted by Crippen LogP contribution is -2.46. The second-order valence-electron chi connectivity index (χ2n) is 7.80. The van der Waals surface area contributed by atoms with Crippen LogP contribution in [-0.4, -0.2) is 52.4 Å². The fourth-order valence-electron chi connectivity index (χ4n) is 4.04. The minimum absolute atomic E-state index is 0.0486. The van der Waals surface area contributed by atoms with Gasteiger partial charge < -0.3 is 14.9 Å². The molecule has 0 radical (unpaired) electrons. The number of aliphatic hydroxyl groups is 1. The summed E-state index contributed by atoms with van der Waals surface area (Å²) in [5, 5.41) is 18.5. The van der Waals surface area contributed by atoms with Gasteiger partial charge >= 0.3 is 0 Å². The molecule has 1 aromatic heterocycles. The first-order valence-electron chi connectivity index (χ1n) is 10.5. The molecule has 0 amide bonds. The van der Waals surface area contributed by atoms with Crippen LogP contribution in [0.25, 0.3) is 11.3 Å². The average molecular weight is 470 g/mol. The zero-order valence-corrected chi connectivity index (χ0v) is 19.0. The van der Waals surface area contributed by atoms with Crippen molar-refractivity contribution in [2.24, 2.45) is 0 Å². The number of aromatic nitrogens is 3. The second-order valence-corrected chi connectivity index (χ2v) is 8.71. The Hall–Kier alpha value is -2.38. The zero-order valence-electron chi connectivity index (χ0n) is 17.4. The fourth-order valence-corrected chi connectivity index (χ4v) is 4.30. The number of rotatable bonds is 6. The van der Waals surface area contributed by atoms with E-state index in [-0.39, 0.29) is 6.04 Å². The Balaban J connectivity index is 1.40. The highest BCUT2D eigenvalue weighted by molar-refractivity contribution is 9.10. The Kier molecular flexibility index (Phi) is 6.39. The molecule has 2 aromatic carbocycles. The molecule has 6 nitrogen and oxygen atoms in total. The third kappa shape index (κ3) is 4.52. The van der Waals surface area contributed by atoms with E-state index in [9.17, 15) is 5.11 Å². The highest BCUT2D eigenvalue weighted by atomic mass is 79.9. The van der Waals surface area contributed by atoms with E-state index in [1.165, 1.54) is 11.4 Å². The quantitative estimate of drug-likeness (QED) is 0.580. The van der Waals surface area contributed by atoms with Crippen LogP contribution in [0.5, 0.6) is 0 Å². The molecular weight excluding hydrogens is 442 g/mol. The summed E-state index contributed by atoms with van der Waals surface area (Å²) in [6.07, 6.45) is 2.28. The monoisotopic (exact) mass is 469 g/mol. The molecule has 7 heteroatoms. The number of aliphatic hydroxyl groups excluding tert-OH is 1. The van der Waals surface area contributed by atoms with E-state index in [1.807, 2.05) is 13.1 Å². The van der Waals surface area contributed by atoms with E-state index in [1.54, 1.807) is 11.6 Å². The summed E-state index contributed by atoms with van der Waals surface area (Å²) in [4.78, 5) is 4.86. The molecule has 0 aliphatic carbocycles. The third-order valence-electron chi connectivity index (χ3n) is 5.82. The van der Waals surface area contributed by atoms with Crippen molar-refractivity contribution in [3.8, 4) is 11.3 Å². The predicted octanol–water partition coefficient (Wildman–Crippen LogP) is 4.37. The summed E-state index contributed by atoms with van der Waals surface area (Å²) in [6, 6.07) is 17.0. The maximum atomic E-state index is 9.93. The molecule has 1 N–H and O–H groups in total. The number of anilines is 2. The van der Waals surface area contributed by atoms with Crippen molar-refractivity contribution in [1.29, 1.82) is 0 Å². The van der Waals surface area contributed by atoms with Crippen molar-refractivity contribution in [2.45, 2.75) is 32.4 Å². The minimum Gasteiger partial charge on any atom is -0.391 e. The van der Waals surface area contributed by atoms with E-state index in [0.717, 1.165) is 48.3 Å². The summed E-state index contributed by atoms with van der Waals surface area (Å²) >= 11 is 3.50. The van der Waals surface area contributed by atoms with Gasteiger partial charge in [-0.25, -0.2) is 4.68 Å². The van der Waals surface area contributed by atoms with Gasteiger partial charge in [-0.2, -0.15) is 0 Å². The van der Waals surface area contributed by atoms with Crippen LogP contribution in [0.2, 0.25) is 0 Å². The molecule has 2 unspecified atom stereocenters. The van der Waals surface area contributed by atoms with Gasteiger partial charge in [0, 0.05) is 47.6 Å². The van der Waals surface area contributed by atoms with Crippen LogP contribution in [-0.2, 0) is 0 Å². The smallest absolute Gasteiger partial charge is 0.113 e. The molecule has 1 saturated heterocycles. The summed E-state index contributed by atoms with van der Waals surface area (Å²) in [7, 11) is 0. The van der Waals surface area contributed by atoms with Crippen molar-refractivity contribution >= 4 is 27.3 Å². The molecule has 30 heavy (non-hydrogen) atoms. The van der Waals surface area contributed by atoms with Crippen LogP contribution < -0.4 is 9.80 Å². The molecule has 0 spiro atoms. The van der Waals surface area contributed by atoms with Crippen molar-refractivity contribution in [3.05, 3.63) is 59.2 Å². The van der Waals surface area contributed by atoms with Crippen LogP contribution in [0.1, 0.15) is 26.3 Å². The average Bonchev–Trinajstić information content (AvgIpc) is 3.24. The van der Waals surface area contributed by atoms with Crippen molar-refractivity contribution in [2.75, 3.05) is 36.0 Å². The SMILES string of the molecule is CCC(C(C)O)n1cc(-c2ccc(N3CCN(c4ccc(Br)cc4)CC3)cc2)nn1. The normalized spacial score (nSPS) is 16.5. The maximum Gasteiger partial charge on any atom is 0.113 e. The molecule has 3 aromatic rings. The van der Waals surface area contributed by atoms with E-state index in [4.69, 9.17) is 0 Å². The van der Waals surface area contributed by atoms with Crippen LogP contribution >= 0.6 is 15.9 Å². The van der Waals surface area contributed by atoms with Gasteiger partial charge in [-0.15, -0.1) is 5.10 Å². The minimum atomic E-state index is -0.456. The number of hydrogen-bond acceptors (Lipinski definition) is 5. The van der Waals surface area contributed by atoms with Gasteiger partial charge in [0.15, 0.2) is 0 Å². The van der Waals surface area contributed by atoms with E-state index in [0.29, 0.717) is 0 Å². The van der Waals surface area contributed by atoms with Crippen molar-refractivity contribution < 1.29 is 5.11 Å². The van der Waals surface area contributed by atoms with Gasteiger partial charge in [0.25, 0.3) is 0 Å². The van der Waals surface area contributed by atoms with Gasteiger partial charge in [0.2, 0.25) is 0 Å². The Morgan fingerprint density at radius 3 is 1.97 bits per heavy atom. The molecule has 2 heterocycles. The lowest BCUT2D eigenvalue weighted by Gasteiger charge is -2.37. The van der Waals surface area contributed by atoms with Gasteiger partial charge in [-0.3, -0.25) is 0 Å². The molecule has 158 valence electrons. The Morgan fingerprint density at radius 2 is 1.47 bits per heavy atom. The molecule has 0 bridgehead atoms. The molecule has 1 aliphatic rings. The lowest BCUT2D eigenvalue weighted by atomic mass is 10.1. The standard InChI is InChI=1S/C23H28BrN5O/c1-3-23(17(2)30)29-16-22(25-26-29)18-4-8-20(9-5-18)27-12-14-28(15-13-27)21-10-6-19(24)7-11-21/h4-11,16-17,23,30H,3,12-15H2,1-2H3. The molecule has 1 aliphatic heterocycles. The zero-order chi connectivity index (χ0) is 21.1. The van der Waals surface area contributed by atoms with Crippen molar-refractivity contribution in [3.63, 3.8) is 0 Å². The van der Waals surface area contributed by atoms with E-state index in [2.05, 4.69) is 84.6 Å². The Labute approximate surface area is 186 Å². The van der Waals surface area contributed by atoms with Gasteiger partial charge in [0.1, 0.15) is 5.69 Å². The third-order valence-corrected chi connectivity index (χ3v) is 6.35. The molecule has 1 fully saturated rings. The fraction of sp³-hybridized carbons (Fsp3) is 0.391. The maximum absolute atomic E-state index is 9.93. The number of benzene rings is 2. The van der Waals surface area contributed by atoms with Crippen LogP contribution in [0.15, 0.2) is 59.2 Å². The Morgan fingerprint density at radius 1 is 0.933 bits per heavy atom. The predicted molar refractivity (Wildman–Crippen MR) is 125 cm³/mol. The number of piperazine rings is 1. The highest BCUT2D eigenvalue weighted by Crippen LogP contribution is 2.26. The van der Waals surface area contributed by atoms with Crippen LogP contribution in [0.3, 0.4) is 0 Å². The van der Waals surface area contributed by atoms with E-state index < -0.39 is 6.10 Å². The van der Waals surface area contributed by atoms with Gasteiger partial charge in [-0.1, -0.05) is 40.2 Å². The summed E-state index contributed by atoms with van der Waals surface area (Å²) in [6.45, 7) is 7.85. The summed E-state index contributed by atoms with van der Waals surface area (Å²) in [5.41, 5.74) is 4.38. The van der Waals surface area contributed by atoms with Gasteiger partial charge in [0.05, 0.1) is 18.3 Å². The topological polar surface area (TPSA) is 57.4 Å². The Bertz CT molecular complexity index is 946. The first-order chi connectivity index (χ1) is 14.5.